The summed E-state index contributed by atoms with van der Waals surface area (Å²) in [5.41, 5.74) is 0. The molecule has 0 aromatic heterocycles. The summed E-state index contributed by atoms with van der Waals surface area (Å²) in [4.78, 5) is 0. The van der Waals surface area contributed by atoms with Crippen LogP contribution in [0.25, 0.3) is 0 Å². The van der Waals surface area contributed by atoms with Gasteiger partial charge in [-0.1, -0.05) is 20.3 Å². The standard InChI is InChI=1S/C18H29NO2/c1-4-12-20-15-7-9-16(10-8-15)21-18-13-14(5-2)6-11-17(18)19-3/h7-10,14,17-19H,4-6,11-13H2,1-3H3. The van der Waals surface area contributed by atoms with E-state index in [0.717, 1.165) is 36.9 Å². The summed E-state index contributed by atoms with van der Waals surface area (Å²) < 4.78 is 11.8. The normalized spacial score (nSPS) is 25.6. The number of rotatable bonds is 7. The quantitative estimate of drug-likeness (QED) is 0.823. The van der Waals surface area contributed by atoms with E-state index < -0.39 is 0 Å². The second kappa shape index (κ2) is 8.28. The summed E-state index contributed by atoms with van der Waals surface area (Å²) in [5.74, 6) is 2.66. The number of hydrogen-bond donors (Lipinski definition) is 1. The highest BCUT2D eigenvalue weighted by molar-refractivity contribution is 5.31. The molecule has 1 saturated carbocycles. The van der Waals surface area contributed by atoms with Gasteiger partial charge in [-0.2, -0.15) is 0 Å². The van der Waals surface area contributed by atoms with Crippen molar-refractivity contribution >= 4 is 0 Å². The predicted octanol–water partition coefficient (Wildman–Crippen LogP) is 4.02. The Hall–Kier alpha value is -1.22. The van der Waals surface area contributed by atoms with Crippen LogP contribution >= 0.6 is 0 Å². The van der Waals surface area contributed by atoms with Crippen molar-refractivity contribution in [1.82, 2.24) is 5.32 Å². The highest BCUT2D eigenvalue weighted by Gasteiger charge is 2.30. The lowest BCUT2D eigenvalue weighted by molar-refractivity contribution is 0.0882. The molecule has 0 radical (unpaired) electrons. The molecule has 21 heavy (non-hydrogen) atoms. The highest BCUT2D eigenvalue weighted by Crippen LogP contribution is 2.30. The Morgan fingerprint density at radius 1 is 1.10 bits per heavy atom. The molecule has 0 heterocycles. The van der Waals surface area contributed by atoms with E-state index >= 15 is 0 Å². The molecular weight excluding hydrogens is 262 g/mol. The van der Waals surface area contributed by atoms with Crippen LogP contribution < -0.4 is 14.8 Å². The van der Waals surface area contributed by atoms with Crippen molar-refractivity contribution in [3.8, 4) is 11.5 Å². The van der Waals surface area contributed by atoms with Gasteiger partial charge in [0, 0.05) is 6.04 Å². The third kappa shape index (κ3) is 4.63. The van der Waals surface area contributed by atoms with E-state index in [0.29, 0.717) is 6.04 Å². The van der Waals surface area contributed by atoms with Crippen LogP contribution in [0.15, 0.2) is 24.3 Å². The monoisotopic (exact) mass is 291 g/mol. The summed E-state index contributed by atoms with van der Waals surface area (Å²) in [6.45, 7) is 5.16. The molecule has 0 bridgehead atoms. The Balaban J connectivity index is 1.94. The SMILES string of the molecule is CCCOc1ccc(OC2CC(CC)CCC2NC)cc1. The zero-order valence-electron chi connectivity index (χ0n) is 13.6. The zero-order valence-corrected chi connectivity index (χ0v) is 13.6. The van der Waals surface area contributed by atoms with Gasteiger partial charge in [-0.25, -0.2) is 0 Å². The van der Waals surface area contributed by atoms with Gasteiger partial charge < -0.3 is 14.8 Å². The van der Waals surface area contributed by atoms with Crippen LogP contribution in [0.2, 0.25) is 0 Å². The molecule has 0 amide bonds. The topological polar surface area (TPSA) is 30.5 Å². The van der Waals surface area contributed by atoms with Crippen molar-refractivity contribution in [2.45, 2.75) is 58.1 Å². The molecule has 0 spiro atoms. The van der Waals surface area contributed by atoms with Crippen LogP contribution in [0.5, 0.6) is 11.5 Å². The molecule has 3 heteroatoms. The molecule has 0 aliphatic heterocycles. The Kier molecular flexibility index (Phi) is 6.37. The Morgan fingerprint density at radius 2 is 1.81 bits per heavy atom. The van der Waals surface area contributed by atoms with E-state index in [2.05, 4.69) is 19.2 Å². The molecule has 118 valence electrons. The maximum absolute atomic E-state index is 6.23. The molecule has 3 nitrogen and oxygen atoms in total. The van der Waals surface area contributed by atoms with Crippen LogP contribution in [0, 0.1) is 5.92 Å². The smallest absolute Gasteiger partial charge is 0.120 e. The van der Waals surface area contributed by atoms with Gasteiger partial charge >= 0.3 is 0 Å². The molecule has 3 unspecified atom stereocenters. The van der Waals surface area contributed by atoms with E-state index in [1.807, 2.05) is 31.3 Å². The van der Waals surface area contributed by atoms with Crippen LogP contribution in [-0.2, 0) is 0 Å². The maximum Gasteiger partial charge on any atom is 0.120 e. The van der Waals surface area contributed by atoms with Gasteiger partial charge in [-0.3, -0.25) is 0 Å². The second-order valence-electron chi connectivity index (χ2n) is 5.96. The number of benzene rings is 1. The molecule has 1 aromatic rings. The average molecular weight is 291 g/mol. The van der Waals surface area contributed by atoms with Crippen LogP contribution in [0.4, 0.5) is 0 Å². The molecule has 1 fully saturated rings. The second-order valence-corrected chi connectivity index (χ2v) is 5.96. The minimum atomic E-state index is 0.274. The number of likely N-dealkylation sites (N-methyl/N-ethyl adjacent to an activating group) is 1. The molecule has 1 aliphatic rings. The molecule has 1 aromatic carbocycles. The fraction of sp³-hybridized carbons (Fsp3) is 0.667. The van der Waals surface area contributed by atoms with Crippen molar-refractivity contribution in [2.75, 3.05) is 13.7 Å². The lowest BCUT2D eigenvalue weighted by atomic mass is 9.82. The first-order chi connectivity index (χ1) is 10.3. The summed E-state index contributed by atoms with van der Waals surface area (Å²) in [6, 6.07) is 8.50. The summed E-state index contributed by atoms with van der Waals surface area (Å²) in [5, 5.41) is 3.41. The van der Waals surface area contributed by atoms with Gasteiger partial charge in [-0.05, 0) is 62.9 Å². The fourth-order valence-electron chi connectivity index (χ4n) is 3.05. The molecular formula is C18H29NO2. The number of hydrogen-bond acceptors (Lipinski definition) is 3. The average Bonchev–Trinajstić information content (AvgIpc) is 2.54. The Labute approximate surface area is 129 Å². The van der Waals surface area contributed by atoms with Gasteiger partial charge in [0.25, 0.3) is 0 Å². The van der Waals surface area contributed by atoms with E-state index in [1.165, 1.54) is 19.3 Å². The largest absolute Gasteiger partial charge is 0.494 e. The summed E-state index contributed by atoms with van der Waals surface area (Å²) in [6.07, 6.45) is 6.22. The van der Waals surface area contributed by atoms with Gasteiger partial charge in [0.2, 0.25) is 0 Å². The predicted molar refractivity (Wildman–Crippen MR) is 87.1 cm³/mol. The van der Waals surface area contributed by atoms with Crippen LogP contribution in [-0.4, -0.2) is 25.8 Å². The van der Waals surface area contributed by atoms with Gasteiger partial charge in [-0.15, -0.1) is 0 Å². The van der Waals surface area contributed by atoms with Gasteiger partial charge in [0.15, 0.2) is 0 Å². The third-order valence-corrected chi connectivity index (χ3v) is 4.43. The van der Waals surface area contributed by atoms with E-state index in [9.17, 15) is 0 Å². The highest BCUT2D eigenvalue weighted by atomic mass is 16.5. The van der Waals surface area contributed by atoms with Crippen molar-refractivity contribution in [3.05, 3.63) is 24.3 Å². The number of ether oxygens (including phenoxy) is 2. The van der Waals surface area contributed by atoms with Crippen molar-refractivity contribution in [3.63, 3.8) is 0 Å². The first-order valence-corrected chi connectivity index (χ1v) is 8.33. The molecule has 3 atom stereocenters. The van der Waals surface area contributed by atoms with Gasteiger partial charge in [0.1, 0.15) is 17.6 Å². The lowest BCUT2D eigenvalue weighted by Gasteiger charge is -2.35. The maximum atomic E-state index is 6.23. The van der Waals surface area contributed by atoms with E-state index in [1.54, 1.807) is 0 Å². The molecule has 0 saturated heterocycles. The van der Waals surface area contributed by atoms with Crippen LogP contribution in [0.3, 0.4) is 0 Å². The van der Waals surface area contributed by atoms with Crippen molar-refractivity contribution in [2.24, 2.45) is 5.92 Å². The first-order valence-electron chi connectivity index (χ1n) is 8.33. The fourth-order valence-corrected chi connectivity index (χ4v) is 3.05. The summed E-state index contributed by atoms with van der Waals surface area (Å²) >= 11 is 0. The first kappa shape index (κ1) is 16.2. The molecule has 1 aliphatic carbocycles. The van der Waals surface area contributed by atoms with E-state index in [-0.39, 0.29) is 6.10 Å². The summed E-state index contributed by atoms with van der Waals surface area (Å²) in [7, 11) is 2.04. The van der Waals surface area contributed by atoms with Crippen LogP contribution in [0.1, 0.15) is 46.0 Å². The van der Waals surface area contributed by atoms with Crippen molar-refractivity contribution in [1.29, 1.82) is 0 Å². The Morgan fingerprint density at radius 3 is 2.43 bits per heavy atom. The zero-order chi connectivity index (χ0) is 15.1. The minimum absolute atomic E-state index is 0.274. The lowest BCUT2D eigenvalue weighted by Crippen LogP contribution is -2.45. The third-order valence-electron chi connectivity index (χ3n) is 4.43. The van der Waals surface area contributed by atoms with Crippen molar-refractivity contribution < 1.29 is 9.47 Å². The number of nitrogens with one attached hydrogen (secondary N) is 1. The van der Waals surface area contributed by atoms with E-state index in [4.69, 9.17) is 9.47 Å². The minimum Gasteiger partial charge on any atom is -0.494 e. The molecule has 2 rings (SSSR count). The Bertz CT molecular complexity index is 404. The molecule has 1 N–H and O–H groups in total. The van der Waals surface area contributed by atoms with Gasteiger partial charge in [0.05, 0.1) is 6.61 Å².